The number of carbonyl (C=O) groups excluding carboxylic acids is 1. The standard InChI is InChI=1S/C28H24Br2N8O2/c1-3-24(39)37-8-10-38(11-9-37)28-31-15-22-25(35-28)27(33-16-32-22)34-18-13-20(29)26(21(30)14-18)40-19-4-5-23-17(12-19)6-7-36(23)2/h3-7,12-16H,1,8-11H2,2H3,(H,32,33,34). The van der Waals surface area contributed by atoms with Gasteiger partial charge in [-0.05, 0) is 74.3 Å². The van der Waals surface area contributed by atoms with E-state index in [0.29, 0.717) is 54.7 Å². The van der Waals surface area contributed by atoms with Gasteiger partial charge in [0.2, 0.25) is 11.9 Å². The van der Waals surface area contributed by atoms with E-state index in [1.54, 1.807) is 11.1 Å². The number of aromatic nitrogens is 5. The van der Waals surface area contributed by atoms with Gasteiger partial charge in [0, 0.05) is 56.0 Å². The molecule has 202 valence electrons. The SMILES string of the molecule is C=CC(=O)N1CCN(c2ncc3ncnc(Nc4cc(Br)c(Oc5ccc6c(ccn6C)c5)c(Br)c4)c3n2)CC1. The van der Waals surface area contributed by atoms with Crippen LogP contribution in [-0.4, -0.2) is 61.5 Å². The highest BCUT2D eigenvalue weighted by molar-refractivity contribution is 9.11. The first kappa shape index (κ1) is 26.2. The molecule has 40 heavy (non-hydrogen) atoms. The fourth-order valence-electron chi connectivity index (χ4n) is 4.65. The molecule has 1 aliphatic rings. The molecule has 0 saturated carbocycles. The molecular weight excluding hydrogens is 640 g/mol. The monoisotopic (exact) mass is 662 g/mol. The van der Waals surface area contributed by atoms with Gasteiger partial charge in [-0.2, -0.15) is 0 Å². The van der Waals surface area contributed by atoms with Gasteiger partial charge in [0.1, 0.15) is 23.1 Å². The van der Waals surface area contributed by atoms with Crippen LogP contribution in [0.1, 0.15) is 0 Å². The Morgan fingerprint density at radius 3 is 2.58 bits per heavy atom. The van der Waals surface area contributed by atoms with Gasteiger partial charge in [-0.15, -0.1) is 0 Å². The van der Waals surface area contributed by atoms with Gasteiger partial charge in [0.05, 0.1) is 15.1 Å². The van der Waals surface area contributed by atoms with Gasteiger partial charge in [0.25, 0.3) is 0 Å². The van der Waals surface area contributed by atoms with E-state index in [9.17, 15) is 4.79 Å². The number of nitrogens with one attached hydrogen (secondary N) is 1. The first-order valence-electron chi connectivity index (χ1n) is 12.5. The molecule has 1 aliphatic heterocycles. The predicted molar refractivity (Wildman–Crippen MR) is 162 cm³/mol. The Morgan fingerprint density at radius 1 is 1.05 bits per heavy atom. The topological polar surface area (TPSA) is 101 Å². The molecule has 0 bridgehead atoms. The van der Waals surface area contributed by atoms with Crippen LogP contribution in [0, 0.1) is 0 Å². The highest BCUT2D eigenvalue weighted by Gasteiger charge is 2.22. The highest BCUT2D eigenvalue weighted by Crippen LogP contribution is 2.40. The zero-order valence-corrected chi connectivity index (χ0v) is 24.7. The van der Waals surface area contributed by atoms with Crippen molar-refractivity contribution in [3.05, 3.63) is 76.7 Å². The Labute approximate surface area is 247 Å². The number of carbonyl (C=O) groups is 1. The number of hydrogen-bond donors (Lipinski definition) is 1. The lowest BCUT2D eigenvalue weighted by atomic mass is 10.2. The normalized spacial score (nSPS) is 13.6. The number of benzene rings is 2. The molecule has 0 unspecified atom stereocenters. The maximum absolute atomic E-state index is 11.9. The maximum atomic E-state index is 11.9. The van der Waals surface area contributed by atoms with E-state index in [1.807, 2.05) is 43.6 Å². The third kappa shape index (κ3) is 5.11. The van der Waals surface area contributed by atoms with Crippen molar-refractivity contribution >= 4 is 77.2 Å². The van der Waals surface area contributed by atoms with Crippen molar-refractivity contribution < 1.29 is 9.53 Å². The van der Waals surface area contributed by atoms with E-state index >= 15 is 0 Å². The molecule has 10 nitrogen and oxygen atoms in total. The first-order chi connectivity index (χ1) is 19.4. The summed E-state index contributed by atoms with van der Waals surface area (Å²) in [5.74, 6) is 2.45. The Bertz CT molecular complexity index is 1740. The summed E-state index contributed by atoms with van der Waals surface area (Å²) >= 11 is 7.32. The van der Waals surface area contributed by atoms with Crippen LogP contribution < -0.4 is 15.0 Å². The number of fused-ring (bicyclic) bond motifs is 2. The van der Waals surface area contributed by atoms with Gasteiger partial charge in [-0.25, -0.2) is 19.9 Å². The minimum absolute atomic E-state index is 0.0648. The lowest BCUT2D eigenvalue weighted by molar-refractivity contribution is -0.126. The van der Waals surface area contributed by atoms with Crippen LogP contribution in [0.25, 0.3) is 21.9 Å². The van der Waals surface area contributed by atoms with Crippen molar-refractivity contribution in [2.75, 3.05) is 36.4 Å². The van der Waals surface area contributed by atoms with Crippen molar-refractivity contribution in [3.63, 3.8) is 0 Å². The Balaban J connectivity index is 1.23. The number of rotatable bonds is 6. The van der Waals surface area contributed by atoms with Crippen molar-refractivity contribution in [2.24, 2.45) is 7.05 Å². The molecule has 0 radical (unpaired) electrons. The number of halogens is 2. The molecule has 1 amide bonds. The predicted octanol–water partition coefficient (Wildman–Crippen LogP) is 5.81. The second-order valence-electron chi connectivity index (χ2n) is 9.29. The van der Waals surface area contributed by atoms with Crippen molar-refractivity contribution in [1.82, 2.24) is 29.4 Å². The molecule has 3 aromatic heterocycles. The van der Waals surface area contributed by atoms with Gasteiger partial charge in [-0.3, -0.25) is 4.79 Å². The third-order valence-corrected chi connectivity index (χ3v) is 7.93. The molecule has 0 spiro atoms. The highest BCUT2D eigenvalue weighted by atomic mass is 79.9. The molecule has 1 fully saturated rings. The number of nitrogens with zero attached hydrogens (tertiary/aromatic N) is 7. The van der Waals surface area contributed by atoms with Gasteiger partial charge in [-0.1, -0.05) is 6.58 Å². The molecule has 1 saturated heterocycles. The largest absolute Gasteiger partial charge is 0.455 e. The summed E-state index contributed by atoms with van der Waals surface area (Å²) in [6.07, 6.45) is 6.54. The van der Waals surface area contributed by atoms with Crippen LogP contribution in [0.5, 0.6) is 11.5 Å². The third-order valence-electron chi connectivity index (χ3n) is 6.75. The second-order valence-corrected chi connectivity index (χ2v) is 11.0. The number of anilines is 3. The summed E-state index contributed by atoms with van der Waals surface area (Å²) < 4.78 is 9.83. The van der Waals surface area contributed by atoms with Crippen LogP contribution in [-0.2, 0) is 11.8 Å². The zero-order chi connectivity index (χ0) is 27.8. The minimum atomic E-state index is -0.0648. The summed E-state index contributed by atoms with van der Waals surface area (Å²) in [6, 6.07) is 11.9. The molecule has 0 atom stereocenters. The summed E-state index contributed by atoms with van der Waals surface area (Å²) in [5, 5.41) is 4.47. The summed E-state index contributed by atoms with van der Waals surface area (Å²) in [4.78, 5) is 33.8. The van der Waals surface area contributed by atoms with E-state index in [2.05, 4.69) is 74.2 Å². The second kappa shape index (κ2) is 10.9. The van der Waals surface area contributed by atoms with Crippen LogP contribution in [0.2, 0.25) is 0 Å². The summed E-state index contributed by atoms with van der Waals surface area (Å²) in [6.45, 7) is 5.99. The fourth-order valence-corrected chi connectivity index (χ4v) is 6.00. The molecule has 4 heterocycles. The van der Waals surface area contributed by atoms with Gasteiger partial charge < -0.3 is 24.4 Å². The number of ether oxygens (including phenoxy) is 1. The van der Waals surface area contributed by atoms with E-state index in [1.165, 1.54) is 12.4 Å². The lowest BCUT2D eigenvalue weighted by Crippen LogP contribution is -2.48. The van der Waals surface area contributed by atoms with Crippen LogP contribution in [0.15, 0.2) is 76.7 Å². The first-order valence-corrected chi connectivity index (χ1v) is 14.1. The minimum Gasteiger partial charge on any atom is -0.455 e. The average molecular weight is 664 g/mol. The average Bonchev–Trinajstić information content (AvgIpc) is 3.34. The molecule has 1 N–H and O–H groups in total. The smallest absolute Gasteiger partial charge is 0.246 e. The Kier molecular flexibility index (Phi) is 7.11. The van der Waals surface area contributed by atoms with E-state index in [4.69, 9.17) is 9.72 Å². The van der Waals surface area contributed by atoms with Crippen LogP contribution >= 0.6 is 31.9 Å². The van der Waals surface area contributed by atoms with Crippen molar-refractivity contribution in [2.45, 2.75) is 0 Å². The Hall–Kier alpha value is -4.03. The van der Waals surface area contributed by atoms with Crippen molar-refractivity contribution in [3.8, 4) is 11.5 Å². The van der Waals surface area contributed by atoms with E-state index in [0.717, 1.165) is 31.3 Å². The molecular formula is C28H24Br2N8O2. The molecule has 2 aromatic carbocycles. The molecule has 5 aromatic rings. The lowest BCUT2D eigenvalue weighted by Gasteiger charge is -2.34. The van der Waals surface area contributed by atoms with Gasteiger partial charge in [0.15, 0.2) is 11.6 Å². The summed E-state index contributed by atoms with van der Waals surface area (Å²) in [7, 11) is 2.02. The van der Waals surface area contributed by atoms with E-state index < -0.39 is 0 Å². The Morgan fingerprint density at radius 2 is 1.82 bits per heavy atom. The summed E-state index contributed by atoms with van der Waals surface area (Å²) in [5.41, 5.74) is 3.14. The van der Waals surface area contributed by atoms with Gasteiger partial charge >= 0.3 is 0 Å². The number of aryl methyl sites for hydroxylation is 1. The fraction of sp³-hybridized carbons (Fsp3) is 0.179. The zero-order valence-electron chi connectivity index (χ0n) is 21.5. The van der Waals surface area contributed by atoms with Crippen LogP contribution in [0.4, 0.5) is 17.5 Å². The molecule has 12 heteroatoms. The molecule has 0 aliphatic carbocycles. The number of hydrogen-bond acceptors (Lipinski definition) is 8. The van der Waals surface area contributed by atoms with Crippen molar-refractivity contribution in [1.29, 1.82) is 0 Å². The maximum Gasteiger partial charge on any atom is 0.246 e. The quantitative estimate of drug-likeness (QED) is 0.227. The number of piperazine rings is 1. The number of amides is 1. The van der Waals surface area contributed by atoms with Crippen LogP contribution in [0.3, 0.4) is 0 Å². The van der Waals surface area contributed by atoms with E-state index in [-0.39, 0.29) is 5.91 Å². The molecule has 6 rings (SSSR count).